The Labute approximate surface area is 222 Å². The lowest BCUT2D eigenvalue weighted by Crippen LogP contribution is -2.53. The number of hydrogen-bond acceptors (Lipinski definition) is 6. The van der Waals surface area contributed by atoms with Crippen molar-refractivity contribution in [3.05, 3.63) is 55.7 Å². The number of carbonyl (C=O) groups excluding carboxylic acids is 1. The third-order valence-corrected chi connectivity index (χ3v) is 8.99. The molecule has 2 fully saturated rings. The van der Waals surface area contributed by atoms with Crippen LogP contribution in [0.5, 0.6) is 11.5 Å². The molecule has 0 radical (unpaired) electrons. The summed E-state index contributed by atoms with van der Waals surface area (Å²) in [4.78, 5) is 33.3. The van der Waals surface area contributed by atoms with E-state index in [0.717, 1.165) is 36.9 Å². The third kappa shape index (κ3) is 3.77. The van der Waals surface area contributed by atoms with Crippen LogP contribution in [0, 0.1) is 26.6 Å². The summed E-state index contributed by atoms with van der Waals surface area (Å²) in [6.45, 7) is 8.40. The first-order chi connectivity index (χ1) is 17.9. The van der Waals surface area contributed by atoms with E-state index in [2.05, 4.69) is 9.88 Å². The normalized spacial score (nSPS) is 27.3. The number of nitrogens with zero attached hydrogens (tertiary/aromatic N) is 2. The molecule has 1 N–H and O–H groups in total. The van der Waals surface area contributed by atoms with Gasteiger partial charge in [0.25, 0.3) is 17.3 Å². The molecule has 4 aliphatic rings. The number of pyridine rings is 1. The second-order valence-electron chi connectivity index (χ2n) is 12.0. The van der Waals surface area contributed by atoms with E-state index in [-0.39, 0.29) is 35.6 Å². The molecule has 1 aliphatic carbocycles. The molecule has 1 saturated heterocycles. The van der Waals surface area contributed by atoms with Gasteiger partial charge in [-0.25, -0.2) is 4.39 Å². The molecule has 3 atom stereocenters. The van der Waals surface area contributed by atoms with Gasteiger partial charge in [-0.15, -0.1) is 0 Å². The highest BCUT2D eigenvalue weighted by Gasteiger charge is 2.57. The molecule has 2 aromatic rings. The van der Waals surface area contributed by atoms with Gasteiger partial charge in [0.1, 0.15) is 6.10 Å². The number of aryl methyl sites for hydroxylation is 2. The summed E-state index contributed by atoms with van der Waals surface area (Å²) in [7, 11) is 4.06. The summed E-state index contributed by atoms with van der Waals surface area (Å²) in [6, 6.07) is 2.22. The molecule has 204 valence electrons. The first kappa shape index (κ1) is 25.4. The number of rotatable bonds is 4. The Kier molecular flexibility index (Phi) is 5.71. The fraction of sp³-hybridized carbons (Fsp3) is 0.586. The fourth-order valence-electron chi connectivity index (χ4n) is 6.52. The zero-order valence-corrected chi connectivity index (χ0v) is 23.0. The Balaban J connectivity index is 1.35. The highest BCUT2D eigenvalue weighted by atomic mass is 19.1. The summed E-state index contributed by atoms with van der Waals surface area (Å²) in [5.41, 5.74) is 2.87. The van der Waals surface area contributed by atoms with Crippen molar-refractivity contribution in [1.29, 1.82) is 0 Å². The Morgan fingerprint density at radius 2 is 1.84 bits per heavy atom. The molecule has 4 heterocycles. The highest BCUT2D eigenvalue weighted by molar-refractivity contribution is 6.00. The van der Waals surface area contributed by atoms with Crippen LogP contribution in [0.15, 0.2) is 10.9 Å². The second-order valence-corrected chi connectivity index (χ2v) is 12.0. The van der Waals surface area contributed by atoms with E-state index in [1.54, 1.807) is 18.7 Å². The Morgan fingerprint density at radius 1 is 1.13 bits per heavy atom. The van der Waals surface area contributed by atoms with Gasteiger partial charge >= 0.3 is 0 Å². The lowest BCUT2D eigenvalue weighted by Gasteiger charge is -2.38. The summed E-state index contributed by atoms with van der Waals surface area (Å²) in [5, 5.41) is 0. The number of fused-ring (bicyclic) bond motifs is 3. The number of carbonyl (C=O) groups is 1. The van der Waals surface area contributed by atoms with Gasteiger partial charge in [0, 0.05) is 47.3 Å². The minimum atomic E-state index is -1.18. The molecular weight excluding hydrogens is 489 g/mol. The van der Waals surface area contributed by atoms with Gasteiger partial charge < -0.3 is 29.0 Å². The van der Waals surface area contributed by atoms with Gasteiger partial charge in [0.05, 0.1) is 18.7 Å². The number of benzene rings is 1. The van der Waals surface area contributed by atoms with E-state index >= 15 is 4.39 Å². The molecular formula is C29H36FN3O5. The van der Waals surface area contributed by atoms with Crippen molar-refractivity contribution < 1.29 is 23.4 Å². The lowest BCUT2D eigenvalue weighted by molar-refractivity contribution is -0.191. The van der Waals surface area contributed by atoms with Crippen LogP contribution in [-0.2, 0) is 16.7 Å². The maximum absolute atomic E-state index is 16.3. The number of amides is 1. The number of aromatic nitrogens is 1. The smallest absolute Gasteiger partial charge is 0.275 e. The maximum atomic E-state index is 16.3. The van der Waals surface area contributed by atoms with Crippen molar-refractivity contribution in [2.24, 2.45) is 0 Å². The van der Waals surface area contributed by atoms with Gasteiger partial charge in [-0.05, 0) is 72.2 Å². The highest BCUT2D eigenvalue weighted by Crippen LogP contribution is 2.59. The average Bonchev–Trinajstić information content (AvgIpc) is 3.53. The lowest BCUT2D eigenvalue weighted by atomic mass is 9.83. The maximum Gasteiger partial charge on any atom is 0.275 e. The largest absolute Gasteiger partial charge is 0.446 e. The number of likely N-dealkylation sites (N-methyl/N-ethyl adjacent to an activating group) is 1. The molecule has 3 aliphatic heterocycles. The van der Waals surface area contributed by atoms with Crippen LogP contribution in [0.4, 0.5) is 4.39 Å². The summed E-state index contributed by atoms with van der Waals surface area (Å²) in [6.07, 6.45) is 2.83. The molecule has 38 heavy (non-hydrogen) atoms. The quantitative estimate of drug-likeness (QED) is 0.655. The molecule has 1 aromatic carbocycles. The second kappa shape index (κ2) is 8.55. The van der Waals surface area contributed by atoms with Crippen LogP contribution in [0.25, 0.3) is 0 Å². The van der Waals surface area contributed by atoms with Crippen molar-refractivity contribution >= 4 is 5.91 Å². The van der Waals surface area contributed by atoms with Crippen molar-refractivity contribution in [2.45, 2.75) is 83.3 Å². The van der Waals surface area contributed by atoms with Crippen LogP contribution < -0.4 is 15.0 Å². The van der Waals surface area contributed by atoms with Crippen molar-refractivity contribution in [1.82, 2.24) is 14.8 Å². The van der Waals surface area contributed by atoms with E-state index in [4.69, 9.17) is 14.2 Å². The monoisotopic (exact) mass is 525 g/mol. The standard InChI is InChI=1S/C29H36FN3O5/c1-15-11-16(2)31-26(34)19(15)12-33-14-29(9-10-29)22-21(27(33)35)17(3)24-25(23(22)30)38-28(4,37-24)20-8-7-18(13-36-20)32(5)6/h11,18,20H,7-10,12-14H2,1-6H3,(H,31,34)/t18-,20+,28-/m1/s1. The van der Waals surface area contributed by atoms with E-state index in [1.165, 1.54) is 0 Å². The fourth-order valence-corrected chi connectivity index (χ4v) is 6.52. The summed E-state index contributed by atoms with van der Waals surface area (Å²) in [5.74, 6) is -1.60. The zero-order valence-electron chi connectivity index (χ0n) is 23.0. The third-order valence-electron chi connectivity index (χ3n) is 8.99. The molecule has 9 heteroatoms. The predicted molar refractivity (Wildman–Crippen MR) is 139 cm³/mol. The zero-order chi connectivity index (χ0) is 27.1. The average molecular weight is 526 g/mol. The molecule has 0 unspecified atom stereocenters. The summed E-state index contributed by atoms with van der Waals surface area (Å²) < 4.78 is 35.0. The van der Waals surface area contributed by atoms with Crippen LogP contribution in [0.3, 0.4) is 0 Å². The molecule has 1 amide bonds. The molecule has 1 spiro atoms. The van der Waals surface area contributed by atoms with E-state index < -0.39 is 17.0 Å². The number of nitrogens with one attached hydrogen (secondary N) is 1. The SMILES string of the molecule is Cc1cc(C)c(CN2CC3(CC3)c3c(F)c4c(c(C)c3C2=O)O[C@@](C)([C@@H]2CC[C@@H](N(C)C)CO2)O4)c(=O)[nH]1. The number of aromatic amines is 1. The minimum Gasteiger partial charge on any atom is -0.446 e. The van der Waals surface area contributed by atoms with Crippen LogP contribution in [0.2, 0.25) is 0 Å². The van der Waals surface area contributed by atoms with E-state index in [0.29, 0.717) is 41.4 Å². The molecule has 8 nitrogen and oxygen atoms in total. The van der Waals surface area contributed by atoms with Gasteiger partial charge in [0.2, 0.25) is 5.75 Å². The summed E-state index contributed by atoms with van der Waals surface area (Å²) >= 11 is 0. The number of hydrogen-bond donors (Lipinski definition) is 1. The Morgan fingerprint density at radius 3 is 2.45 bits per heavy atom. The van der Waals surface area contributed by atoms with E-state index in [1.807, 2.05) is 34.0 Å². The first-order valence-corrected chi connectivity index (χ1v) is 13.5. The molecule has 6 rings (SSSR count). The van der Waals surface area contributed by atoms with Crippen molar-refractivity contribution in [3.63, 3.8) is 0 Å². The number of H-pyrrole nitrogens is 1. The Hall–Kier alpha value is -2.91. The predicted octanol–water partition coefficient (Wildman–Crippen LogP) is 3.72. The number of halogens is 1. The van der Waals surface area contributed by atoms with Crippen LogP contribution in [0.1, 0.15) is 70.9 Å². The molecule has 0 bridgehead atoms. The van der Waals surface area contributed by atoms with Crippen LogP contribution in [-0.4, -0.2) is 65.9 Å². The van der Waals surface area contributed by atoms with Crippen LogP contribution >= 0.6 is 0 Å². The molecule has 1 saturated carbocycles. The number of ether oxygens (including phenoxy) is 3. The van der Waals surface area contributed by atoms with Crippen molar-refractivity contribution in [2.75, 3.05) is 27.2 Å². The van der Waals surface area contributed by atoms with Gasteiger partial charge in [-0.2, -0.15) is 0 Å². The van der Waals surface area contributed by atoms with Gasteiger partial charge in [-0.3, -0.25) is 9.59 Å². The topological polar surface area (TPSA) is 84.1 Å². The van der Waals surface area contributed by atoms with E-state index in [9.17, 15) is 9.59 Å². The molecule has 1 aromatic heterocycles. The van der Waals surface area contributed by atoms with Crippen molar-refractivity contribution in [3.8, 4) is 11.5 Å². The van der Waals surface area contributed by atoms with Gasteiger partial charge in [-0.1, -0.05) is 0 Å². The minimum absolute atomic E-state index is 0.0837. The Bertz CT molecular complexity index is 1390. The van der Waals surface area contributed by atoms with Gasteiger partial charge in [0.15, 0.2) is 11.6 Å². The first-order valence-electron chi connectivity index (χ1n) is 13.5.